The summed E-state index contributed by atoms with van der Waals surface area (Å²) in [4.78, 5) is 16.3. The van der Waals surface area contributed by atoms with Crippen LogP contribution < -0.4 is 11.1 Å². The van der Waals surface area contributed by atoms with Gasteiger partial charge in [0.15, 0.2) is 0 Å². The topological polar surface area (TPSA) is 68.0 Å². The quantitative estimate of drug-likeness (QED) is 0.825. The maximum Gasteiger partial charge on any atom is 0.233 e. The van der Waals surface area contributed by atoms with E-state index in [1.807, 2.05) is 0 Å². The van der Waals surface area contributed by atoms with Crippen LogP contribution in [0.25, 0.3) is 0 Å². The number of carbonyl (C=O) groups is 1. The fourth-order valence-corrected chi connectivity index (χ4v) is 2.63. The predicted octanol–water partition coefficient (Wildman–Crippen LogP) is 2.46. The number of amides is 1. The van der Waals surface area contributed by atoms with E-state index in [0.717, 1.165) is 44.7 Å². The maximum absolute atomic E-state index is 12.8. The zero-order valence-electron chi connectivity index (χ0n) is 11.0. The molecule has 1 aliphatic carbocycles. The van der Waals surface area contributed by atoms with E-state index in [1.165, 1.54) is 12.1 Å². The minimum absolute atomic E-state index is 0.0870. The Labute approximate surface area is 112 Å². The van der Waals surface area contributed by atoms with Crippen molar-refractivity contribution in [2.45, 2.75) is 38.5 Å². The van der Waals surface area contributed by atoms with Crippen LogP contribution in [0.2, 0.25) is 0 Å². The first kappa shape index (κ1) is 13.9. The van der Waals surface area contributed by atoms with Gasteiger partial charge < -0.3 is 11.1 Å². The van der Waals surface area contributed by atoms with Gasteiger partial charge in [-0.25, -0.2) is 9.37 Å². The number of rotatable bonds is 3. The molecule has 104 valence electrons. The molecule has 0 aromatic carbocycles. The van der Waals surface area contributed by atoms with Crippen molar-refractivity contribution in [1.29, 1.82) is 0 Å². The number of pyridine rings is 1. The molecule has 0 aliphatic heterocycles. The van der Waals surface area contributed by atoms with Gasteiger partial charge in [0, 0.05) is 6.54 Å². The zero-order chi connectivity index (χ0) is 13.7. The molecule has 1 aromatic heterocycles. The summed E-state index contributed by atoms with van der Waals surface area (Å²) in [7, 11) is 0. The lowest BCUT2D eigenvalue weighted by molar-refractivity contribution is -0.125. The Morgan fingerprint density at radius 3 is 2.53 bits per heavy atom. The third-order valence-corrected chi connectivity index (χ3v) is 3.90. The molecule has 5 heteroatoms. The Morgan fingerprint density at radius 1 is 1.32 bits per heavy atom. The second-order valence-electron chi connectivity index (χ2n) is 5.21. The lowest BCUT2D eigenvalue weighted by atomic mass is 9.79. The Bertz CT molecular complexity index is 425. The summed E-state index contributed by atoms with van der Waals surface area (Å²) >= 11 is 0. The third kappa shape index (κ3) is 3.29. The molecule has 3 N–H and O–H groups in total. The largest absolute Gasteiger partial charge is 0.329 e. The van der Waals surface area contributed by atoms with Crippen LogP contribution in [0.1, 0.15) is 38.5 Å². The van der Waals surface area contributed by atoms with Gasteiger partial charge in [-0.3, -0.25) is 4.79 Å². The molecule has 1 fully saturated rings. The van der Waals surface area contributed by atoms with Crippen molar-refractivity contribution in [3.05, 3.63) is 24.1 Å². The van der Waals surface area contributed by atoms with Crippen LogP contribution in [0.3, 0.4) is 0 Å². The first-order chi connectivity index (χ1) is 9.16. The van der Waals surface area contributed by atoms with E-state index < -0.39 is 11.2 Å². The molecule has 1 aliphatic rings. The van der Waals surface area contributed by atoms with Crippen molar-refractivity contribution in [2.24, 2.45) is 11.1 Å². The van der Waals surface area contributed by atoms with Crippen LogP contribution in [-0.2, 0) is 4.79 Å². The average Bonchev–Trinajstić information content (AvgIpc) is 2.67. The number of nitrogens with one attached hydrogen (secondary N) is 1. The fourth-order valence-electron chi connectivity index (χ4n) is 2.63. The highest BCUT2D eigenvalue weighted by Crippen LogP contribution is 2.35. The first-order valence-corrected chi connectivity index (χ1v) is 6.79. The Morgan fingerprint density at radius 2 is 2.00 bits per heavy atom. The molecule has 0 atom stereocenters. The SMILES string of the molecule is NCC1(C(=O)Nc2ccc(F)cn2)CCCCCC1. The van der Waals surface area contributed by atoms with E-state index in [9.17, 15) is 9.18 Å². The van der Waals surface area contributed by atoms with E-state index >= 15 is 0 Å². The molecule has 0 radical (unpaired) electrons. The fraction of sp³-hybridized carbons (Fsp3) is 0.571. The molecule has 1 saturated carbocycles. The smallest absolute Gasteiger partial charge is 0.233 e. The third-order valence-electron chi connectivity index (χ3n) is 3.90. The molecule has 0 saturated heterocycles. The van der Waals surface area contributed by atoms with Crippen molar-refractivity contribution in [3.63, 3.8) is 0 Å². The van der Waals surface area contributed by atoms with Gasteiger partial charge in [-0.05, 0) is 25.0 Å². The van der Waals surface area contributed by atoms with Gasteiger partial charge >= 0.3 is 0 Å². The molecule has 0 unspecified atom stereocenters. The second-order valence-corrected chi connectivity index (χ2v) is 5.21. The van der Waals surface area contributed by atoms with Gasteiger partial charge in [0.05, 0.1) is 11.6 Å². The van der Waals surface area contributed by atoms with Crippen LogP contribution in [0.5, 0.6) is 0 Å². The molecule has 1 heterocycles. The number of aromatic nitrogens is 1. The first-order valence-electron chi connectivity index (χ1n) is 6.79. The van der Waals surface area contributed by atoms with Crippen molar-refractivity contribution in [1.82, 2.24) is 4.98 Å². The zero-order valence-corrected chi connectivity index (χ0v) is 11.0. The molecule has 1 amide bonds. The molecular weight excluding hydrogens is 245 g/mol. The number of anilines is 1. The molecule has 1 aromatic rings. The van der Waals surface area contributed by atoms with Gasteiger partial charge in [0.1, 0.15) is 11.6 Å². The van der Waals surface area contributed by atoms with Crippen LogP contribution >= 0.6 is 0 Å². The van der Waals surface area contributed by atoms with E-state index in [2.05, 4.69) is 10.3 Å². The maximum atomic E-state index is 12.8. The highest BCUT2D eigenvalue weighted by Gasteiger charge is 2.37. The Hall–Kier alpha value is -1.49. The van der Waals surface area contributed by atoms with E-state index in [0.29, 0.717) is 12.4 Å². The highest BCUT2D eigenvalue weighted by molar-refractivity contribution is 5.94. The van der Waals surface area contributed by atoms with Crippen molar-refractivity contribution in [2.75, 3.05) is 11.9 Å². The van der Waals surface area contributed by atoms with Gasteiger partial charge in [0.2, 0.25) is 5.91 Å². The van der Waals surface area contributed by atoms with Crippen LogP contribution in [0.4, 0.5) is 10.2 Å². The highest BCUT2D eigenvalue weighted by atomic mass is 19.1. The molecular formula is C14H20FN3O. The average molecular weight is 265 g/mol. The molecule has 2 rings (SSSR count). The lowest BCUT2D eigenvalue weighted by Crippen LogP contribution is -2.42. The van der Waals surface area contributed by atoms with Gasteiger partial charge in [-0.15, -0.1) is 0 Å². The lowest BCUT2D eigenvalue weighted by Gasteiger charge is -2.29. The summed E-state index contributed by atoms with van der Waals surface area (Å²) in [6.45, 7) is 0.347. The summed E-state index contributed by atoms with van der Waals surface area (Å²) < 4.78 is 12.8. The molecule has 0 spiro atoms. The summed E-state index contributed by atoms with van der Waals surface area (Å²) in [5.74, 6) is -0.125. The van der Waals surface area contributed by atoms with Crippen molar-refractivity contribution < 1.29 is 9.18 Å². The standard InChI is InChI=1S/C14H20FN3O/c15-11-5-6-12(17-9-11)18-13(19)14(10-16)7-3-1-2-4-8-14/h5-6,9H,1-4,7-8,10,16H2,(H,17,18,19). The van der Waals surface area contributed by atoms with Gasteiger partial charge in [-0.1, -0.05) is 25.7 Å². The molecule has 0 bridgehead atoms. The van der Waals surface area contributed by atoms with Crippen LogP contribution in [0.15, 0.2) is 18.3 Å². The summed E-state index contributed by atoms with van der Waals surface area (Å²) in [5.41, 5.74) is 5.35. The van der Waals surface area contributed by atoms with Crippen molar-refractivity contribution >= 4 is 11.7 Å². The Kier molecular flexibility index (Phi) is 4.47. The number of halogens is 1. The number of hydrogen-bond acceptors (Lipinski definition) is 3. The number of carbonyl (C=O) groups excluding carboxylic acids is 1. The minimum atomic E-state index is -0.493. The van der Waals surface area contributed by atoms with E-state index in [1.54, 1.807) is 0 Å². The summed E-state index contributed by atoms with van der Waals surface area (Å²) in [5, 5.41) is 2.76. The monoisotopic (exact) mass is 265 g/mol. The van der Waals surface area contributed by atoms with E-state index in [-0.39, 0.29) is 5.91 Å². The number of nitrogens with two attached hydrogens (primary N) is 1. The predicted molar refractivity (Wildman–Crippen MR) is 72.0 cm³/mol. The van der Waals surface area contributed by atoms with Crippen LogP contribution in [-0.4, -0.2) is 17.4 Å². The minimum Gasteiger partial charge on any atom is -0.329 e. The second kappa shape index (κ2) is 6.10. The number of nitrogens with zero attached hydrogens (tertiary/aromatic N) is 1. The Balaban J connectivity index is 2.09. The molecule has 4 nitrogen and oxygen atoms in total. The summed E-state index contributed by atoms with van der Waals surface area (Å²) in [6, 6.07) is 2.75. The summed E-state index contributed by atoms with van der Waals surface area (Å²) in [6.07, 6.45) is 7.10. The van der Waals surface area contributed by atoms with Gasteiger partial charge in [0.25, 0.3) is 0 Å². The number of hydrogen-bond donors (Lipinski definition) is 2. The van der Waals surface area contributed by atoms with Gasteiger partial charge in [-0.2, -0.15) is 0 Å². The molecule has 19 heavy (non-hydrogen) atoms. The van der Waals surface area contributed by atoms with Crippen molar-refractivity contribution in [3.8, 4) is 0 Å². The van der Waals surface area contributed by atoms with E-state index in [4.69, 9.17) is 5.73 Å². The van der Waals surface area contributed by atoms with Crippen LogP contribution in [0, 0.1) is 11.2 Å². The normalized spacial score (nSPS) is 18.6.